The number of ether oxygens (including phenoxy) is 1. The molecule has 5 heteroatoms. The van der Waals surface area contributed by atoms with Crippen molar-refractivity contribution in [2.45, 2.75) is 32.4 Å². The summed E-state index contributed by atoms with van der Waals surface area (Å²) in [5, 5.41) is 9.03. The first-order valence-electron chi connectivity index (χ1n) is 7.52. The SMILES string of the molecule is CNC(C)c1ccc(NC(=O)NC(C)C2CCOC2)cc1. The zero-order valence-corrected chi connectivity index (χ0v) is 13.0. The lowest BCUT2D eigenvalue weighted by atomic mass is 10.0. The predicted octanol–water partition coefficient (Wildman–Crippen LogP) is 2.51. The highest BCUT2D eigenvalue weighted by Gasteiger charge is 2.23. The van der Waals surface area contributed by atoms with Gasteiger partial charge in [-0.1, -0.05) is 12.1 Å². The van der Waals surface area contributed by atoms with Crippen LogP contribution in [-0.4, -0.2) is 32.3 Å². The van der Waals surface area contributed by atoms with Crippen molar-refractivity contribution in [2.75, 3.05) is 25.6 Å². The summed E-state index contributed by atoms with van der Waals surface area (Å²) in [6.07, 6.45) is 1.01. The van der Waals surface area contributed by atoms with Crippen LogP contribution in [0.2, 0.25) is 0 Å². The van der Waals surface area contributed by atoms with Crippen LogP contribution in [0.25, 0.3) is 0 Å². The maximum Gasteiger partial charge on any atom is 0.319 e. The highest BCUT2D eigenvalue weighted by Crippen LogP contribution is 2.17. The van der Waals surface area contributed by atoms with E-state index in [1.54, 1.807) is 0 Å². The van der Waals surface area contributed by atoms with Crippen LogP contribution in [0.4, 0.5) is 10.5 Å². The molecule has 1 heterocycles. The molecule has 0 bridgehead atoms. The maximum atomic E-state index is 12.0. The lowest BCUT2D eigenvalue weighted by molar-refractivity contribution is 0.178. The standard InChI is InChI=1S/C16H25N3O2/c1-11(17-3)13-4-6-15(7-5-13)19-16(20)18-12(2)14-8-9-21-10-14/h4-7,11-12,14,17H,8-10H2,1-3H3,(H2,18,19,20). The van der Waals surface area contributed by atoms with E-state index in [0.717, 1.165) is 25.3 Å². The largest absolute Gasteiger partial charge is 0.381 e. The third-order valence-electron chi connectivity index (χ3n) is 4.13. The quantitative estimate of drug-likeness (QED) is 0.781. The lowest BCUT2D eigenvalue weighted by Gasteiger charge is -2.19. The molecule has 21 heavy (non-hydrogen) atoms. The zero-order valence-electron chi connectivity index (χ0n) is 13.0. The minimum atomic E-state index is -0.163. The fraction of sp³-hybridized carbons (Fsp3) is 0.562. The second kappa shape index (κ2) is 7.43. The summed E-state index contributed by atoms with van der Waals surface area (Å²) >= 11 is 0. The fourth-order valence-corrected chi connectivity index (χ4v) is 2.46. The average molecular weight is 291 g/mol. The number of amides is 2. The van der Waals surface area contributed by atoms with Gasteiger partial charge in [-0.3, -0.25) is 0 Å². The smallest absolute Gasteiger partial charge is 0.319 e. The molecule has 116 valence electrons. The van der Waals surface area contributed by atoms with Crippen molar-refractivity contribution in [2.24, 2.45) is 5.92 Å². The number of benzene rings is 1. The van der Waals surface area contributed by atoms with Gasteiger partial charge in [0.05, 0.1) is 6.61 Å². The van der Waals surface area contributed by atoms with Crippen molar-refractivity contribution in [3.8, 4) is 0 Å². The van der Waals surface area contributed by atoms with Crippen LogP contribution in [0, 0.1) is 5.92 Å². The third-order valence-corrected chi connectivity index (χ3v) is 4.13. The van der Waals surface area contributed by atoms with E-state index in [0.29, 0.717) is 12.0 Å². The highest BCUT2D eigenvalue weighted by atomic mass is 16.5. The topological polar surface area (TPSA) is 62.4 Å². The molecular formula is C16H25N3O2. The van der Waals surface area contributed by atoms with Gasteiger partial charge in [0.1, 0.15) is 0 Å². The Morgan fingerprint density at radius 2 is 2.00 bits per heavy atom. The number of nitrogens with one attached hydrogen (secondary N) is 3. The van der Waals surface area contributed by atoms with Crippen molar-refractivity contribution in [1.82, 2.24) is 10.6 Å². The number of hydrogen-bond donors (Lipinski definition) is 3. The normalized spacial score (nSPS) is 20.8. The zero-order chi connectivity index (χ0) is 15.2. The highest BCUT2D eigenvalue weighted by molar-refractivity contribution is 5.89. The first kappa shape index (κ1) is 15.8. The van der Waals surface area contributed by atoms with E-state index >= 15 is 0 Å². The van der Waals surface area contributed by atoms with E-state index in [-0.39, 0.29) is 12.1 Å². The Hall–Kier alpha value is -1.59. The summed E-state index contributed by atoms with van der Waals surface area (Å²) in [5.41, 5.74) is 1.99. The van der Waals surface area contributed by atoms with Gasteiger partial charge in [-0.15, -0.1) is 0 Å². The number of carbonyl (C=O) groups is 1. The summed E-state index contributed by atoms with van der Waals surface area (Å²) in [5.74, 6) is 0.412. The van der Waals surface area contributed by atoms with Crippen LogP contribution >= 0.6 is 0 Å². The van der Waals surface area contributed by atoms with E-state index in [2.05, 4.69) is 22.9 Å². The van der Waals surface area contributed by atoms with Crippen molar-refractivity contribution >= 4 is 11.7 Å². The Kier molecular flexibility index (Phi) is 5.59. The van der Waals surface area contributed by atoms with Gasteiger partial charge in [0.2, 0.25) is 0 Å². The molecule has 3 N–H and O–H groups in total. The summed E-state index contributed by atoms with van der Waals surface area (Å²) in [6, 6.07) is 8.14. The predicted molar refractivity (Wildman–Crippen MR) is 84.5 cm³/mol. The van der Waals surface area contributed by atoms with Crippen molar-refractivity contribution in [3.63, 3.8) is 0 Å². The van der Waals surface area contributed by atoms with Gasteiger partial charge >= 0.3 is 6.03 Å². The lowest BCUT2D eigenvalue weighted by Crippen LogP contribution is -2.40. The summed E-state index contributed by atoms with van der Waals surface area (Å²) in [7, 11) is 1.93. The van der Waals surface area contributed by atoms with Gasteiger partial charge in [-0.2, -0.15) is 0 Å². The molecule has 0 spiro atoms. The van der Waals surface area contributed by atoms with Crippen molar-refractivity contribution in [3.05, 3.63) is 29.8 Å². The molecule has 0 saturated carbocycles. The minimum absolute atomic E-state index is 0.121. The van der Waals surface area contributed by atoms with Crippen LogP contribution in [0.3, 0.4) is 0 Å². The molecule has 5 nitrogen and oxygen atoms in total. The molecule has 3 unspecified atom stereocenters. The Balaban J connectivity index is 1.84. The molecule has 1 aliphatic rings. The second-order valence-electron chi connectivity index (χ2n) is 5.64. The van der Waals surface area contributed by atoms with E-state index in [4.69, 9.17) is 4.74 Å². The average Bonchev–Trinajstić information content (AvgIpc) is 3.01. The summed E-state index contributed by atoms with van der Waals surface area (Å²) in [6.45, 7) is 5.65. The number of carbonyl (C=O) groups excluding carboxylic acids is 1. The van der Waals surface area contributed by atoms with Crippen molar-refractivity contribution in [1.29, 1.82) is 0 Å². The van der Waals surface area contributed by atoms with Gasteiger partial charge in [0.15, 0.2) is 0 Å². The van der Waals surface area contributed by atoms with Gasteiger partial charge in [-0.25, -0.2) is 4.79 Å². The van der Waals surface area contributed by atoms with Crippen molar-refractivity contribution < 1.29 is 9.53 Å². The van der Waals surface area contributed by atoms with Gasteiger partial charge in [0, 0.05) is 30.3 Å². The maximum absolute atomic E-state index is 12.0. The first-order valence-corrected chi connectivity index (χ1v) is 7.52. The van der Waals surface area contributed by atoms with Gasteiger partial charge in [-0.05, 0) is 45.0 Å². The van der Waals surface area contributed by atoms with Gasteiger partial charge in [0.25, 0.3) is 0 Å². The monoisotopic (exact) mass is 291 g/mol. The molecule has 1 aliphatic heterocycles. The van der Waals surface area contributed by atoms with Crippen LogP contribution in [-0.2, 0) is 4.74 Å². The number of urea groups is 1. The Bertz CT molecular complexity index is 455. The molecule has 0 radical (unpaired) electrons. The molecule has 1 aromatic rings. The van der Waals surface area contributed by atoms with Crippen LogP contribution in [0.5, 0.6) is 0 Å². The van der Waals surface area contributed by atoms with E-state index in [1.165, 1.54) is 5.56 Å². The minimum Gasteiger partial charge on any atom is -0.381 e. The Morgan fingerprint density at radius 3 is 2.57 bits per heavy atom. The Morgan fingerprint density at radius 1 is 1.29 bits per heavy atom. The van der Waals surface area contributed by atoms with Gasteiger partial charge < -0.3 is 20.7 Å². The molecule has 0 aliphatic carbocycles. The first-order chi connectivity index (χ1) is 10.1. The number of hydrogen-bond acceptors (Lipinski definition) is 3. The molecule has 2 rings (SSSR count). The number of rotatable bonds is 5. The number of anilines is 1. The summed E-state index contributed by atoms with van der Waals surface area (Å²) < 4.78 is 5.35. The van der Waals surface area contributed by atoms with Crippen LogP contribution in [0.15, 0.2) is 24.3 Å². The van der Waals surface area contributed by atoms with E-state index in [9.17, 15) is 4.79 Å². The Labute approximate surface area is 126 Å². The fourth-order valence-electron chi connectivity index (χ4n) is 2.46. The van der Waals surface area contributed by atoms with E-state index < -0.39 is 0 Å². The van der Waals surface area contributed by atoms with Crippen LogP contribution in [0.1, 0.15) is 31.9 Å². The molecular weight excluding hydrogens is 266 g/mol. The van der Waals surface area contributed by atoms with E-state index in [1.807, 2.05) is 38.2 Å². The molecule has 3 atom stereocenters. The molecule has 1 aromatic carbocycles. The molecule has 2 amide bonds. The molecule has 1 fully saturated rings. The molecule has 1 saturated heterocycles. The van der Waals surface area contributed by atoms with Crippen LogP contribution < -0.4 is 16.0 Å². The third kappa shape index (κ3) is 4.44. The summed E-state index contributed by atoms with van der Waals surface area (Å²) in [4.78, 5) is 12.0. The second-order valence-corrected chi connectivity index (χ2v) is 5.64. The molecule has 0 aromatic heterocycles.